The van der Waals surface area contributed by atoms with Crippen LogP contribution in [0.15, 0.2) is 36.5 Å². The maximum absolute atomic E-state index is 4.64. The average molecular weight is 254 g/mol. The van der Waals surface area contributed by atoms with E-state index in [0.717, 1.165) is 24.6 Å². The fourth-order valence-corrected chi connectivity index (χ4v) is 2.55. The molecule has 2 aromatic rings. The molecule has 4 heteroatoms. The summed E-state index contributed by atoms with van der Waals surface area (Å²) in [5, 5.41) is 3.09. The maximum Gasteiger partial charge on any atom is 0.144 e. The predicted molar refractivity (Wildman–Crippen MR) is 76.6 cm³/mol. The molecule has 1 aliphatic heterocycles. The minimum Gasteiger partial charge on any atom is -0.326 e. The molecule has 0 amide bonds. The van der Waals surface area contributed by atoms with E-state index in [0.29, 0.717) is 6.54 Å². The van der Waals surface area contributed by atoms with Crippen LogP contribution < -0.4 is 10.2 Å². The summed E-state index contributed by atoms with van der Waals surface area (Å²) in [6.45, 7) is 1.72. The van der Waals surface area contributed by atoms with Crippen LogP contribution in [0.25, 0.3) is 0 Å². The first-order chi connectivity index (χ1) is 9.38. The van der Waals surface area contributed by atoms with Gasteiger partial charge in [0.25, 0.3) is 0 Å². The fourth-order valence-electron chi connectivity index (χ4n) is 2.55. The van der Waals surface area contributed by atoms with Crippen molar-refractivity contribution in [3.63, 3.8) is 0 Å². The van der Waals surface area contributed by atoms with Gasteiger partial charge in [-0.2, -0.15) is 0 Å². The van der Waals surface area contributed by atoms with Crippen molar-refractivity contribution in [3.05, 3.63) is 47.9 Å². The Morgan fingerprint density at radius 2 is 2.16 bits per heavy atom. The van der Waals surface area contributed by atoms with Gasteiger partial charge < -0.3 is 10.2 Å². The number of benzene rings is 1. The van der Waals surface area contributed by atoms with E-state index >= 15 is 0 Å². The first kappa shape index (κ1) is 12.1. The molecule has 0 saturated heterocycles. The average Bonchev–Trinajstić information content (AvgIpc) is 2.47. The summed E-state index contributed by atoms with van der Waals surface area (Å²) in [5.41, 5.74) is 2.69. The van der Waals surface area contributed by atoms with Crippen molar-refractivity contribution in [1.29, 1.82) is 0 Å². The number of para-hydroxylation sites is 1. The highest BCUT2D eigenvalue weighted by atomic mass is 15.2. The van der Waals surface area contributed by atoms with Crippen molar-refractivity contribution < 1.29 is 0 Å². The monoisotopic (exact) mass is 254 g/mol. The molecule has 1 aliphatic rings. The zero-order valence-corrected chi connectivity index (χ0v) is 11.1. The third kappa shape index (κ3) is 2.44. The lowest BCUT2D eigenvalue weighted by Crippen LogP contribution is -2.25. The van der Waals surface area contributed by atoms with Crippen LogP contribution in [0.5, 0.6) is 0 Å². The van der Waals surface area contributed by atoms with Crippen LogP contribution in [0.2, 0.25) is 0 Å². The van der Waals surface area contributed by atoms with Crippen molar-refractivity contribution in [1.82, 2.24) is 15.3 Å². The Balaban J connectivity index is 1.97. The van der Waals surface area contributed by atoms with E-state index in [1.165, 1.54) is 17.7 Å². The van der Waals surface area contributed by atoms with Gasteiger partial charge in [0.15, 0.2) is 0 Å². The van der Waals surface area contributed by atoms with Crippen molar-refractivity contribution in [2.75, 3.05) is 18.5 Å². The summed E-state index contributed by atoms with van der Waals surface area (Å²) in [5.74, 6) is 1.83. The van der Waals surface area contributed by atoms with E-state index in [1.807, 2.05) is 19.3 Å². The van der Waals surface area contributed by atoms with Gasteiger partial charge in [0, 0.05) is 18.4 Å². The zero-order chi connectivity index (χ0) is 13.1. The standard InChI is InChI=1S/C15H18N4/c1-16-11-14-17-9-8-15(18-14)19-10-4-6-12-5-2-3-7-13(12)19/h2-3,5,7-9,16H,4,6,10-11H2,1H3. The third-order valence-corrected chi connectivity index (χ3v) is 3.41. The molecular formula is C15H18N4. The number of hydrogen-bond donors (Lipinski definition) is 1. The Morgan fingerprint density at radius 3 is 3.05 bits per heavy atom. The normalized spacial score (nSPS) is 14.3. The molecule has 1 N–H and O–H groups in total. The summed E-state index contributed by atoms with van der Waals surface area (Å²) in [4.78, 5) is 11.2. The van der Waals surface area contributed by atoms with Crippen LogP contribution >= 0.6 is 0 Å². The summed E-state index contributed by atoms with van der Waals surface area (Å²) in [7, 11) is 1.91. The van der Waals surface area contributed by atoms with E-state index in [-0.39, 0.29) is 0 Å². The Labute approximate surface area is 113 Å². The number of aryl methyl sites for hydroxylation is 1. The first-order valence-corrected chi connectivity index (χ1v) is 6.70. The number of nitrogens with one attached hydrogen (secondary N) is 1. The lowest BCUT2D eigenvalue weighted by molar-refractivity contribution is 0.733. The van der Waals surface area contributed by atoms with Crippen LogP contribution in [0.1, 0.15) is 17.8 Å². The summed E-state index contributed by atoms with van der Waals surface area (Å²) < 4.78 is 0. The Kier molecular flexibility index (Phi) is 3.42. The lowest BCUT2D eigenvalue weighted by Gasteiger charge is -2.30. The quantitative estimate of drug-likeness (QED) is 0.912. The minimum absolute atomic E-state index is 0.698. The molecule has 98 valence electrons. The highest BCUT2D eigenvalue weighted by molar-refractivity contribution is 5.65. The molecule has 3 rings (SSSR count). The molecule has 0 saturated carbocycles. The van der Waals surface area contributed by atoms with Crippen LogP contribution in [0, 0.1) is 0 Å². The van der Waals surface area contributed by atoms with Crippen LogP contribution in [-0.2, 0) is 13.0 Å². The van der Waals surface area contributed by atoms with Crippen molar-refractivity contribution >= 4 is 11.5 Å². The predicted octanol–water partition coefficient (Wildman–Crippen LogP) is 2.28. The molecule has 0 aliphatic carbocycles. The van der Waals surface area contributed by atoms with Crippen molar-refractivity contribution in [2.24, 2.45) is 0 Å². The number of fused-ring (bicyclic) bond motifs is 1. The Hall–Kier alpha value is -1.94. The number of rotatable bonds is 3. The van der Waals surface area contributed by atoms with Crippen LogP contribution in [-0.4, -0.2) is 23.6 Å². The zero-order valence-electron chi connectivity index (χ0n) is 11.1. The lowest BCUT2D eigenvalue weighted by atomic mass is 10.0. The van der Waals surface area contributed by atoms with Crippen molar-refractivity contribution in [2.45, 2.75) is 19.4 Å². The van der Waals surface area contributed by atoms with Gasteiger partial charge in [-0.15, -0.1) is 0 Å². The van der Waals surface area contributed by atoms with Gasteiger partial charge in [-0.25, -0.2) is 9.97 Å². The largest absolute Gasteiger partial charge is 0.326 e. The molecule has 0 radical (unpaired) electrons. The van der Waals surface area contributed by atoms with Crippen LogP contribution in [0.3, 0.4) is 0 Å². The second-order valence-corrected chi connectivity index (χ2v) is 4.75. The molecule has 0 unspecified atom stereocenters. The summed E-state index contributed by atoms with van der Waals surface area (Å²) in [6, 6.07) is 10.6. The number of anilines is 2. The van der Waals surface area contributed by atoms with E-state index in [2.05, 4.69) is 44.5 Å². The molecule has 0 spiro atoms. The first-order valence-electron chi connectivity index (χ1n) is 6.70. The number of hydrogen-bond acceptors (Lipinski definition) is 4. The number of aromatic nitrogens is 2. The Morgan fingerprint density at radius 1 is 1.26 bits per heavy atom. The smallest absolute Gasteiger partial charge is 0.144 e. The van der Waals surface area contributed by atoms with Gasteiger partial charge >= 0.3 is 0 Å². The van der Waals surface area contributed by atoms with Crippen LogP contribution in [0.4, 0.5) is 11.5 Å². The van der Waals surface area contributed by atoms with Gasteiger partial charge in [-0.3, -0.25) is 0 Å². The molecule has 19 heavy (non-hydrogen) atoms. The molecular weight excluding hydrogens is 236 g/mol. The molecule has 1 aromatic heterocycles. The summed E-state index contributed by atoms with van der Waals surface area (Å²) in [6.07, 6.45) is 4.16. The second kappa shape index (κ2) is 5.36. The Bertz CT molecular complexity index is 568. The van der Waals surface area contributed by atoms with Crippen molar-refractivity contribution in [3.8, 4) is 0 Å². The molecule has 4 nitrogen and oxygen atoms in total. The fraction of sp³-hybridized carbons (Fsp3) is 0.333. The molecule has 0 bridgehead atoms. The SMILES string of the molecule is CNCc1nccc(N2CCCc3ccccc32)n1. The maximum atomic E-state index is 4.64. The van der Waals surface area contributed by atoms with E-state index in [1.54, 1.807) is 0 Å². The van der Waals surface area contributed by atoms with Gasteiger partial charge in [-0.1, -0.05) is 18.2 Å². The molecule has 0 atom stereocenters. The highest BCUT2D eigenvalue weighted by Crippen LogP contribution is 2.31. The van der Waals surface area contributed by atoms with Gasteiger partial charge in [-0.05, 0) is 37.6 Å². The van der Waals surface area contributed by atoms with Gasteiger partial charge in [0.05, 0.1) is 6.54 Å². The third-order valence-electron chi connectivity index (χ3n) is 3.41. The minimum atomic E-state index is 0.698. The summed E-state index contributed by atoms with van der Waals surface area (Å²) >= 11 is 0. The van der Waals surface area contributed by atoms with E-state index in [4.69, 9.17) is 0 Å². The highest BCUT2D eigenvalue weighted by Gasteiger charge is 2.18. The molecule has 0 fully saturated rings. The number of nitrogens with zero attached hydrogens (tertiary/aromatic N) is 3. The molecule has 2 heterocycles. The topological polar surface area (TPSA) is 41.1 Å². The second-order valence-electron chi connectivity index (χ2n) is 4.75. The van der Waals surface area contributed by atoms with Gasteiger partial charge in [0.2, 0.25) is 0 Å². The van der Waals surface area contributed by atoms with E-state index < -0.39 is 0 Å². The van der Waals surface area contributed by atoms with E-state index in [9.17, 15) is 0 Å². The molecule has 1 aromatic carbocycles. The van der Waals surface area contributed by atoms with Gasteiger partial charge in [0.1, 0.15) is 11.6 Å².